The van der Waals surface area contributed by atoms with E-state index in [0.29, 0.717) is 24.7 Å². The second kappa shape index (κ2) is 7.44. The Labute approximate surface area is 155 Å². The Morgan fingerprint density at radius 3 is 2.46 bits per heavy atom. The standard InChI is InChI=1S/C21H28N2O3/c1-13(2)5-6-14(3)23-15(4)17(21(22)24)12-18(23)16-7-8-19-20(11-16)26-10-9-25-19/h7-8,11-14H,5-6,9-10H2,1-4H3,(H2,22,24). The Morgan fingerprint density at radius 1 is 1.12 bits per heavy atom. The fraction of sp³-hybridized carbons (Fsp3) is 0.476. The molecule has 3 rings (SSSR count). The molecule has 0 saturated heterocycles. The highest BCUT2D eigenvalue weighted by molar-refractivity contribution is 5.95. The van der Waals surface area contributed by atoms with E-state index in [9.17, 15) is 4.79 Å². The molecule has 1 aliphatic rings. The Balaban J connectivity index is 2.05. The van der Waals surface area contributed by atoms with E-state index in [4.69, 9.17) is 15.2 Å². The van der Waals surface area contributed by atoms with Gasteiger partial charge in [0, 0.05) is 23.0 Å². The van der Waals surface area contributed by atoms with Crippen LogP contribution >= 0.6 is 0 Å². The van der Waals surface area contributed by atoms with Gasteiger partial charge in [-0.05, 0) is 56.9 Å². The molecule has 2 heterocycles. The average Bonchev–Trinajstić information content (AvgIpc) is 2.96. The minimum atomic E-state index is -0.392. The predicted octanol–water partition coefficient (Wildman–Crippen LogP) is 4.33. The van der Waals surface area contributed by atoms with Gasteiger partial charge in [-0.3, -0.25) is 4.79 Å². The zero-order chi connectivity index (χ0) is 18.8. The van der Waals surface area contributed by atoms with Crippen LogP contribution in [0.1, 0.15) is 55.7 Å². The van der Waals surface area contributed by atoms with Crippen molar-refractivity contribution in [3.8, 4) is 22.8 Å². The van der Waals surface area contributed by atoms with E-state index in [1.54, 1.807) is 0 Å². The van der Waals surface area contributed by atoms with Gasteiger partial charge < -0.3 is 19.8 Å². The smallest absolute Gasteiger partial charge is 0.250 e. The number of rotatable bonds is 6. The predicted molar refractivity (Wildman–Crippen MR) is 103 cm³/mol. The Kier molecular flexibility index (Phi) is 5.25. The fourth-order valence-electron chi connectivity index (χ4n) is 3.57. The topological polar surface area (TPSA) is 66.5 Å². The monoisotopic (exact) mass is 356 g/mol. The van der Waals surface area contributed by atoms with Crippen LogP contribution in [0.2, 0.25) is 0 Å². The second-order valence-electron chi connectivity index (χ2n) is 7.44. The Morgan fingerprint density at radius 2 is 1.81 bits per heavy atom. The van der Waals surface area contributed by atoms with Gasteiger partial charge in [-0.25, -0.2) is 0 Å². The van der Waals surface area contributed by atoms with Crippen molar-refractivity contribution in [1.29, 1.82) is 0 Å². The van der Waals surface area contributed by atoms with Gasteiger partial charge in [0.1, 0.15) is 13.2 Å². The van der Waals surface area contributed by atoms with Gasteiger partial charge in [-0.2, -0.15) is 0 Å². The number of hydrogen-bond donors (Lipinski definition) is 1. The molecule has 1 atom stereocenters. The van der Waals surface area contributed by atoms with E-state index in [2.05, 4.69) is 25.3 Å². The van der Waals surface area contributed by atoms with E-state index in [0.717, 1.165) is 41.3 Å². The summed E-state index contributed by atoms with van der Waals surface area (Å²) in [7, 11) is 0. The number of carbonyl (C=O) groups excluding carboxylic acids is 1. The van der Waals surface area contributed by atoms with Crippen LogP contribution in [0.4, 0.5) is 0 Å². The lowest BCUT2D eigenvalue weighted by molar-refractivity contribution is 0.0999. The van der Waals surface area contributed by atoms with Crippen LogP contribution in [0.5, 0.6) is 11.5 Å². The molecule has 0 radical (unpaired) electrons. The summed E-state index contributed by atoms with van der Waals surface area (Å²) in [5, 5.41) is 0. The van der Waals surface area contributed by atoms with Gasteiger partial charge in [0.15, 0.2) is 11.5 Å². The Hall–Kier alpha value is -2.43. The maximum atomic E-state index is 11.9. The molecule has 1 aliphatic heterocycles. The third-order valence-electron chi connectivity index (χ3n) is 5.00. The Bertz CT molecular complexity index is 808. The maximum Gasteiger partial charge on any atom is 0.250 e. The molecule has 5 nitrogen and oxygen atoms in total. The van der Waals surface area contributed by atoms with Crippen molar-refractivity contribution < 1.29 is 14.3 Å². The quantitative estimate of drug-likeness (QED) is 0.838. The largest absolute Gasteiger partial charge is 0.486 e. The first-order chi connectivity index (χ1) is 12.4. The number of fused-ring (bicyclic) bond motifs is 1. The molecule has 2 N–H and O–H groups in total. The van der Waals surface area contributed by atoms with Gasteiger partial charge in [0.25, 0.3) is 5.91 Å². The first kappa shape index (κ1) is 18.4. The van der Waals surface area contributed by atoms with Crippen molar-refractivity contribution in [2.24, 2.45) is 11.7 Å². The normalized spacial score (nSPS) is 14.5. The van der Waals surface area contributed by atoms with E-state index >= 15 is 0 Å². The number of carbonyl (C=O) groups is 1. The summed E-state index contributed by atoms with van der Waals surface area (Å²) in [4.78, 5) is 11.9. The minimum Gasteiger partial charge on any atom is -0.486 e. The third-order valence-corrected chi connectivity index (χ3v) is 5.00. The van der Waals surface area contributed by atoms with Crippen molar-refractivity contribution in [3.05, 3.63) is 35.5 Å². The first-order valence-electron chi connectivity index (χ1n) is 9.30. The fourth-order valence-corrected chi connectivity index (χ4v) is 3.57. The maximum absolute atomic E-state index is 11.9. The van der Waals surface area contributed by atoms with Gasteiger partial charge in [0.05, 0.1) is 5.56 Å². The SMILES string of the molecule is Cc1c(C(N)=O)cc(-c2ccc3c(c2)OCCO3)n1C(C)CCC(C)C. The minimum absolute atomic E-state index is 0.272. The van der Waals surface area contributed by atoms with E-state index in [1.165, 1.54) is 0 Å². The summed E-state index contributed by atoms with van der Waals surface area (Å²) >= 11 is 0. The molecule has 5 heteroatoms. The molecule has 2 aromatic rings. The summed E-state index contributed by atoms with van der Waals surface area (Å²) in [5.74, 6) is 1.75. The van der Waals surface area contributed by atoms with Crippen molar-refractivity contribution in [3.63, 3.8) is 0 Å². The number of primary amides is 1. The van der Waals surface area contributed by atoms with Gasteiger partial charge in [0.2, 0.25) is 0 Å². The number of aromatic nitrogens is 1. The lowest BCUT2D eigenvalue weighted by Gasteiger charge is -2.22. The summed E-state index contributed by atoms with van der Waals surface area (Å²) in [6.45, 7) is 9.74. The number of benzene rings is 1. The van der Waals surface area contributed by atoms with Crippen LogP contribution in [-0.2, 0) is 0 Å². The number of nitrogens with zero attached hydrogens (tertiary/aromatic N) is 1. The molecule has 0 fully saturated rings. The summed E-state index contributed by atoms with van der Waals surface area (Å²) in [5.41, 5.74) is 9.09. The molecule has 0 bridgehead atoms. The highest BCUT2D eigenvalue weighted by atomic mass is 16.6. The van der Waals surface area contributed by atoms with Gasteiger partial charge in [-0.1, -0.05) is 13.8 Å². The van der Waals surface area contributed by atoms with Gasteiger partial charge >= 0.3 is 0 Å². The third kappa shape index (κ3) is 3.57. The molecular formula is C21H28N2O3. The summed E-state index contributed by atoms with van der Waals surface area (Å²) < 4.78 is 13.6. The van der Waals surface area contributed by atoms with Crippen LogP contribution in [0, 0.1) is 12.8 Å². The van der Waals surface area contributed by atoms with Crippen molar-refractivity contribution >= 4 is 5.91 Å². The van der Waals surface area contributed by atoms with Crippen molar-refractivity contribution in [2.75, 3.05) is 13.2 Å². The lowest BCUT2D eigenvalue weighted by atomic mass is 10.0. The summed E-state index contributed by atoms with van der Waals surface area (Å²) in [6.07, 6.45) is 2.17. The van der Waals surface area contributed by atoms with E-state index < -0.39 is 5.91 Å². The molecule has 0 aliphatic carbocycles. The van der Waals surface area contributed by atoms with Crippen LogP contribution in [0.25, 0.3) is 11.3 Å². The zero-order valence-electron chi connectivity index (χ0n) is 16.0. The van der Waals surface area contributed by atoms with E-state index in [-0.39, 0.29) is 6.04 Å². The average molecular weight is 356 g/mol. The molecule has 1 aromatic carbocycles. The number of nitrogens with two attached hydrogens (primary N) is 1. The highest BCUT2D eigenvalue weighted by Gasteiger charge is 2.22. The zero-order valence-corrected chi connectivity index (χ0v) is 16.0. The van der Waals surface area contributed by atoms with Crippen molar-refractivity contribution in [2.45, 2.75) is 46.6 Å². The number of amides is 1. The van der Waals surface area contributed by atoms with Gasteiger partial charge in [-0.15, -0.1) is 0 Å². The first-order valence-corrected chi connectivity index (χ1v) is 9.30. The second-order valence-corrected chi connectivity index (χ2v) is 7.44. The molecular weight excluding hydrogens is 328 g/mol. The molecule has 1 aromatic heterocycles. The lowest BCUT2D eigenvalue weighted by Crippen LogP contribution is -2.15. The molecule has 0 spiro atoms. The number of hydrogen-bond acceptors (Lipinski definition) is 3. The molecule has 140 valence electrons. The van der Waals surface area contributed by atoms with Crippen LogP contribution in [-0.4, -0.2) is 23.7 Å². The molecule has 1 amide bonds. The number of ether oxygens (including phenoxy) is 2. The van der Waals surface area contributed by atoms with Crippen LogP contribution < -0.4 is 15.2 Å². The molecule has 26 heavy (non-hydrogen) atoms. The summed E-state index contributed by atoms with van der Waals surface area (Å²) in [6, 6.07) is 8.10. The van der Waals surface area contributed by atoms with Crippen LogP contribution in [0.3, 0.4) is 0 Å². The van der Waals surface area contributed by atoms with E-state index in [1.807, 2.05) is 31.2 Å². The highest BCUT2D eigenvalue weighted by Crippen LogP contribution is 2.37. The van der Waals surface area contributed by atoms with Crippen molar-refractivity contribution in [1.82, 2.24) is 4.57 Å². The molecule has 0 saturated carbocycles. The van der Waals surface area contributed by atoms with Crippen LogP contribution in [0.15, 0.2) is 24.3 Å². The molecule has 1 unspecified atom stereocenters.